The van der Waals surface area contributed by atoms with E-state index in [2.05, 4.69) is 10.3 Å². The van der Waals surface area contributed by atoms with Crippen LogP contribution in [-0.4, -0.2) is 15.8 Å². The summed E-state index contributed by atoms with van der Waals surface area (Å²) in [6.07, 6.45) is 0. The van der Waals surface area contributed by atoms with Crippen molar-refractivity contribution in [3.05, 3.63) is 86.4 Å². The molecule has 0 unspecified atom stereocenters. The molecule has 0 saturated heterocycles. The Hall–Kier alpha value is -3.42. The smallest absolute Gasteiger partial charge is 0.270 e. The number of aromatic nitrogens is 1. The predicted octanol–water partition coefficient (Wildman–Crippen LogP) is 5.96. The van der Waals surface area contributed by atoms with E-state index in [0.717, 1.165) is 6.07 Å². The van der Waals surface area contributed by atoms with Gasteiger partial charge in [0.2, 0.25) is 5.89 Å². The number of hydrogen-bond acceptors (Lipinski definition) is 5. The fraction of sp³-hybridized carbons (Fsp3) is 0. The van der Waals surface area contributed by atoms with Crippen LogP contribution in [0.25, 0.3) is 22.6 Å². The van der Waals surface area contributed by atoms with Gasteiger partial charge in [0.25, 0.3) is 11.6 Å². The lowest BCUT2D eigenvalue weighted by molar-refractivity contribution is -0.384. The Balaban J connectivity index is 1.60. The summed E-state index contributed by atoms with van der Waals surface area (Å²) in [5.41, 5.74) is 2.30. The summed E-state index contributed by atoms with van der Waals surface area (Å²) in [5, 5.41) is 14.1. The first kappa shape index (κ1) is 18.9. The molecule has 0 aliphatic rings. The van der Waals surface area contributed by atoms with Crippen molar-refractivity contribution in [2.75, 3.05) is 5.32 Å². The van der Waals surface area contributed by atoms with E-state index >= 15 is 0 Å². The number of carbonyl (C=O) groups is 1. The van der Waals surface area contributed by atoms with E-state index in [1.807, 2.05) is 0 Å². The van der Waals surface area contributed by atoms with E-state index < -0.39 is 10.8 Å². The maximum Gasteiger partial charge on any atom is 0.270 e. The highest BCUT2D eigenvalue weighted by Crippen LogP contribution is 2.28. The van der Waals surface area contributed by atoms with Crippen LogP contribution in [0.5, 0.6) is 0 Å². The summed E-state index contributed by atoms with van der Waals surface area (Å²) in [5.74, 6) is -0.113. The fourth-order valence-corrected chi connectivity index (χ4v) is 3.18. The minimum absolute atomic E-state index is 0.0105. The van der Waals surface area contributed by atoms with Crippen molar-refractivity contribution in [2.45, 2.75) is 0 Å². The molecule has 0 radical (unpaired) electrons. The van der Waals surface area contributed by atoms with Crippen LogP contribution in [0.4, 0.5) is 11.4 Å². The molecule has 29 heavy (non-hydrogen) atoms. The molecule has 0 bridgehead atoms. The molecular weight excluding hydrogens is 417 g/mol. The summed E-state index contributed by atoms with van der Waals surface area (Å²) in [6.45, 7) is 0. The predicted molar refractivity (Wildman–Crippen MR) is 111 cm³/mol. The highest BCUT2D eigenvalue weighted by atomic mass is 35.5. The van der Waals surface area contributed by atoms with Gasteiger partial charge in [0.1, 0.15) is 5.52 Å². The van der Waals surface area contributed by atoms with Crippen molar-refractivity contribution in [2.24, 2.45) is 0 Å². The number of nitrogens with one attached hydrogen (secondary N) is 1. The Morgan fingerprint density at radius 2 is 1.90 bits per heavy atom. The van der Waals surface area contributed by atoms with Crippen molar-refractivity contribution < 1.29 is 14.1 Å². The molecule has 0 atom stereocenters. The summed E-state index contributed by atoms with van der Waals surface area (Å²) >= 11 is 12.0. The third-order valence-corrected chi connectivity index (χ3v) is 4.67. The Labute approximate surface area is 174 Å². The minimum atomic E-state index is -0.579. The maximum atomic E-state index is 12.5. The number of anilines is 1. The van der Waals surface area contributed by atoms with Gasteiger partial charge >= 0.3 is 0 Å². The van der Waals surface area contributed by atoms with E-state index in [4.69, 9.17) is 27.6 Å². The summed E-state index contributed by atoms with van der Waals surface area (Å²) in [7, 11) is 0. The number of amides is 1. The fourth-order valence-electron chi connectivity index (χ4n) is 2.75. The Bertz CT molecular complexity index is 1270. The van der Waals surface area contributed by atoms with Gasteiger partial charge in [-0.3, -0.25) is 14.9 Å². The lowest BCUT2D eigenvalue weighted by atomic mass is 10.1. The van der Waals surface area contributed by atoms with E-state index in [0.29, 0.717) is 33.3 Å². The molecule has 3 aromatic carbocycles. The largest absolute Gasteiger partial charge is 0.436 e. The monoisotopic (exact) mass is 427 g/mol. The number of nitrogens with zero attached hydrogens (tertiary/aromatic N) is 2. The second kappa shape index (κ2) is 7.54. The molecule has 4 aromatic rings. The number of carbonyl (C=O) groups excluding carboxylic acids is 1. The Morgan fingerprint density at radius 1 is 1.07 bits per heavy atom. The molecule has 1 N–H and O–H groups in total. The van der Waals surface area contributed by atoms with Crippen molar-refractivity contribution >= 4 is 51.6 Å². The van der Waals surface area contributed by atoms with E-state index in [-0.39, 0.29) is 16.3 Å². The number of fused-ring (bicyclic) bond motifs is 1. The van der Waals surface area contributed by atoms with Crippen LogP contribution in [0, 0.1) is 10.1 Å². The zero-order valence-electron chi connectivity index (χ0n) is 14.6. The van der Waals surface area contributed by atoms with Gasteiger partial charge in [0, 0.05) is 28.4 Å². The number of oxazole rings is 1. The van der Waals surface area contributed by atoms with E-state index in [1.165, 1.54) is 12.1 Å². The van der Waals surface area contributed by atoms with Crippen LogP contribution < -0.4 is 5.32 Å². The molecule has 4 rings (SSSR count). The Morgan fingerprint density at radius 3 is 2.66 bits per heavy atom. The van der Waals surface area contributed by atoms with Crippen molar-refractivity contribution in [3.8, 4) is 11.5 Å². The number of hydrogen-bond donors (Lipinski definition) is 1. The summed E-state index contributed by atoms with van der Waals surface area (Å²) in [4.78, 5) is 27.2. The first-order valence-electron chi connectivity index (χ1n) is 8.32. The highest BCUT2D eigenvalue weighted by molar-refractivity contribution is 6.34. The minimum Gasteiger partial charge on any atom is -0.436 e. The lowest BCUT2D eigenvalue weighted by Gasteiger charge is -2.07. The van der Waals surface area contributed by atoms with Gasteiger partial charge in [-0.2, -0.15) is 0 Å². The molecule has 0 saturated carbocycles. The van der Waals surface area contributed by atoms with Crippen LogP contribution in [0.3, 0.4) is 0 Å². The topological polar surface area (TPSA) is 98.3 Å². The Kier molecular flexibility index (Phi) is 4.92. The highest BCUT2D eigenvalue weighted by Gasteiger charge is 2.16. The number of halogens is 2. The summed E-state index contributed by atoms with van der Waals surface area (Å²) < 4.78 is 5.74. The quantitative estimate of drug-likeness (QED) is 0.319. The molecule has 9 heteroatoms. The number of benzene rings is 3. The van der Waals surface area contributed by atoms with E-state index in [1.54, 1.807) is 42.5 Å². The summed E-state index contributed by atoms with van der Waals surface area (Å²) in [6, 6.07) is 15.7. The second-order valence-corrected chi connectivity index (χ2v) is 6.93. The molecule has 1 heterocycles. The number of non-ortho nitro benzene ring substituents is 1. The van der Waals surface area contributed by atoms with Crippen molar-refractivity contribution in [1.82, 2.24) is 4.98 Å². The zero-order valence-corrected chi connectivity index (χ0v) is 16.1. The normalized spacial score (nSPS) is 10.8. The van der Waals surface area contributed by atoms with Gasteiger partial charge in [-0.25, -0.2) is 4.98 Å². The molecule has 7 nitrogen and oxygen atoms in total. The number of rotatable bonds is 4. The van der Waals surface area contributed by atoms with E-state index in [9.17, 15) is 14.9 Å². The molecule has 1 amide bonds. The lowest BCUT2D eigenvalue weighted by Crippen LogP contribution is -2.12. The van der Waals surface area contributed by atoms with Gasteiger partial charge in [-0.05, 0) is 42.5 Å². The first-order chi connectivity index (χ1) is 13.9. The molecule has 0 aliphatic carbocycles. The van der Waals surface area contributed by atoms with Gasteiger partial charge in [-0.15, -0.1) is 0 Å². The average molecular weight is 428 g/mol. The van der Waals surface area contributed by atoms with Gasteiger partial charge in [-0.1, -0.05) is 29.3 Å². The molecule has 0 spiro atoms. The number of nitro groups is 1. The van der Waals surface area contributed by atoms with Gasteiger partial charge in [0.15, 0.2) is 5.58 Å². The molecular formula is C20H11Cl2N3O4. The number of nitro benzene ring substituents is 1. The van der Waals surface area contributed by atoms with Gasteiger partial charge < -0.3 is 9.73 Å². The van der Waals surface area contributed by atoms with Crippen LogP contribution in [0.15, 0.2) is 65.1 Å². The van der Waals surface area contributed by atoms with Crippen LogP contribution in [-0.2, 0) is 0 Å². The zero-order chi connectivity index (χ0) is 20.5. The maximum absolute atomic E-state index is 12.5. The second-order valence-electron chi connectivity index (χ2n) is 6.09. The van der Waals surface area contributed by atoms with Crippen LogP contribution in [0.2, 0.25) is 10.0 Å². The third kappa shape index (κ3) is 3.91. The standard InChI is InChI=1S/C20H11Cl2N3O4/c21-12-4-7-18-17(9-12)24-20(29-18)11-2-1-3-13(8-11)23-19(26)15-6-5-14(25(27)28)10-16(15)22/h1-10H,(H,23,26). The third-order valence-electron chi connectivity index (χ3n) is 4.13. The van der Waals surface area contributed by atoms with Crippen LogP contribution in [0.1, 0.15) is 10.4 Å². The molecule has 0 fully saturated rings. The van der Waals surface area contributed by atoms with Crippen LogP contribution >= 0.6 is 23.2 Å². The first-order valence-corrected chi connectivity index (χ1v) is 9.08. The molecule has 144 valence electrons. The van der Waals surface area contributed by atoms with Crippen molar-refractivity contribution in [1.29, 1.82) is 0 Å². The van der Waals surface area contributed by atoms with Crippen molar-refractivity contribution in [3.63, 3.8) is 0 Å². The average Bonchev–Trinajstić information content (AvgIpc) is 3.11. The molecule has 1 aromatic heterocycles. The SMILES string of the molecule is O=C(Nc1cccc(-c2nc3cc(Cl)ccc3o2)c1)c1ccc([N+](=O)[O-])cc1Cl. The van der Waals surface area contributed by atoms with Gasteiger partial charge in [0.05, 0.1) is 15.5 Å². The molecule has 0 aliphatic heterocycles.